The van der Waals surface area contributed by atoms with Crippen molar-refractivity contribution in [2.24, 2.45) is 4.99 Å². The van der Waals surface area contributed by atoms with Gasteiger partial charge in [0.15, 0.2) is 5.88 Å². The van der Waals surface area contributed by atoms with Gasteiger partial charge in [-0.2, -0.15) is 0 Å². The average molecular weight is 285 g/mol. The van der Waals surface area contributed by atoms with Crippen LogP contribution in [-0.4, -0.2) is 16.3 Å². The van der Waals surface area contributed by atoms with Crippen LogP contribution in [0, 0.1) is 6.92 Å². The van der Waals surface area contributed by atoms with E-state index in [0.29, 0.717) is 10.6 Å². The molecule has 0 atom stereocenters. The largest absolute Gasteiger partial charge is 0.494 e. The van der Waals surface area contributed by atoms with Gasteiger partial charge >= 0.3 is 0 Å². The molecule has 2 N–H and O–H groups in total. The molecule has 20 heavy (non-hydrogen) atoms. The van der Waals surface area contributed by atoms with Crippen LogP contribution in [0.4, 0.5) is 5.69 Å². The number of aromatic hydroxyl groups is 1. The van der Waals surface area contributed by atoms with Gasteiger partial charge in [0.25, 0.3) is 0 Å². The predicted molar refractivity (Wildman–Crippen MR) is 83.4 cm³/mol. The van der Waals surface area contributed by atoms with Crippen LogP contribution in [-0.2, 0) is 0 Å². The summed E-state index contributed by atoms with van der Waals surface area (Å²) in [5, 5.41) is 11.4. The molecule has 0 unspecified atom stereocenters. The van der Waals surface area contributed by atoms with E-state index in [1.807, 2.05) is 43.3 Å². The van der Waals surface area contributed by atoms with Gasteiger partial charge in [-0.3, -0.25) is 4.99 Å². The first-order chi connectivity index (χ1) is 9.63. The fourth-order valence-electron chi connectivity index (χ4n) is 2.07. The fourth-order valence-corrected chi connectivity index (χ4v) is 2.24. The number of benzene rings is 2. The average Bonchev–Trinajstić information content (AvgIpc) is 2.73. The van der Waals surface area contributed by atoms with Crippen LogP contribution in [0.2, 0.25) is 5.02 Å². The summed E-state index contributed by atoms with van der Waals surface area (Å²) in [6.45, 7) is 2.03. The lowest BCUT2D eigenvalue weighted by atomic mass is 10.2. The molecule has 4 heteroatoms. The standard InChI is InChI=1S/C16H13ClN2O/c1-10-2-5-12(6-3-10)18-9-14-13-8-11(17)4-7-15(13)19-16(14)20/h2-9,19-20H,1H3. The molecule has 3 rings (SSSR count). The predicted octanol–water partition coefficient (Wildman–Crippen LogP) is 4.59. The summed E-state index contributed by atoms with van der Waals surface area (Å²) >= 11 is 5.99. The van der Waals surface area contributed by atoms with E-state index < -0.39 is 0 Å². The normalized spacial score (nSPS) is 11.5. The molecule has 0 aliphatic heterocycles. The SMILES string of the molecule is Cc1ccc(N=Cc2c(O)[nH]c3ccc(Cl)cc23)cc1. The molecular formula is C16H13ClN2O. The van der Waals surface area contributed by atoms with Gasteiger partial charge in [-0.15, -0.1) is 0 Å². The van der Waals surface area contributed by atoms with Gasteiger partial charge in [0.1, 0.15) is 0 Å². The third kappa shape index (κ3) is 2.40. The molecule has 100 valence electrons. The highest BCUT2D eigenvalue weighted by molar-refractivity contribution is 6.31. The van der Waals surface area contributed by atoms with E-state index in [9.17, 15) is 5.11 Å². The van der Waals surface area contributed by atoms with Gasteiger partial charge in [-0.25, -0.2) is 0 Å². The second kappa shape index (κ2) is 5.02. The number of fused-ring (bicyclic) bond motifs is 1. The van der Waals surface area contributed by atoms with Gasteiger partial charge < -0.3 is 10.1 Å². The number of nitrogens with zero attached hydrogens (tertiary/aromatic N) is 1. The van der Waals surface area contributed by atoms with Crippen LogP contribution in [0.1, 0.15) is 11.1 Å². The molecule has 3 nitrogen and oxygen atoms in total. The Morgan fingerprint density at radius 3 is 2.65 bits per heavy atom. The third-order valence-electron chi connectivity index (χ3n) is 3.16. The molecule has 3 aromatic rings. The molecule has 0 aliphatic rings. The summed E-state index contributed by atoms with van der Waals surface area (Å²) in [5.74, 6) is 0.0955. The number of aliphatic imine (C=N–C) groups is 1. The molecule has 0 bridgehead atoms. The second-order valence-corrected chi connectivity index (χ2v) is 5.11. The number of aryl methyl sites for hydroxylation is 1. The maximum Gasteiger partial charge on any atom is 0.198 e. The first-order valence-electron chi connectivity index (χ1n) is 6.24. The highest BCUT2D eigenvalue weighted by Crippen LogP contribution is 2.28. The molecule has 0 amide bonds. The number of hydrogen-bond acceptors (Lipinski definition) is 2. The topological polar surface area (TPSA) is 48.4 Å². The van der Waals surface area contributed by atoms with Crippen molar-refractivity contribution >= 4 is 34.4 Å². The van der Waals surface area contributed by atoms with Crippen molar-refractivity contribution < 1.29 is 5.11 Å². The van der Waals surface area contributed by atoms with Crippen molar-refractivity contribution in [3.8, 4) is 5.88 Å². The maximum absolute atomic E-state index is 9.96. The maximum atomic E-state index is 9.96. The van der Waals surface area contributed by atoms with Gasteiger partial charge in [0.05, 0.1) is 11.3 Å². The quantitative estimate of drug-likeness (QED) is 0.665. The molecule has 2 aromatic carbocycles. The molecule has 0 saturated heterocycles. The fraction of sp³-hybridized carbons (Fsp3) is 0.0625. The molecular weight excluding hydrogens is 272 g/mol. The van der Waals surface area contributed by atoms with E-state index >= 15 is 0 Å². The van der Waals surface area contributed by atoms with Gasteiger partial charge in [-0.1, -0.05) is 29.3 Å². The van der Waals surface area contributed by atoms with Crippen molar-refractivity contribution in [1.29, 1.82) is 0 Å². The summed E-state index contributed by atoms with van der Waals surface area (Å²) in [4.78, 5) is 7.29. The highest BCUT2D eigenvalue weighted by atomic mass is 35.5. The first kappa shape index (κ1) is 12.8. The number of aromatic amines is 1. The Morgan fingerprint density at radius 1 is 1.15 bits per heavy atom. The lowest BCUT2D eigenvalue weighted by Gasteiger charge is -1.96. The number of rotatable bonds is 2. The van der Waals surface area contributed by atoms with Crippen molar-refractivity contribution in [3.63, 3.8) is 0 Å². The van der Waals surface area contributed by atoms with E-state index in [4.69, 9.17) is 11.6 Å². The Hall–Kier alpha value is -2.26. The summed E-state index contributed by atoms with van der Waals surface area (Å²) < 4.78 is 0. The third-order valence-corrected chi connectivity index (χ3v) is 3.39. The van der Waals surface area contributed by atoms with Gasteiger partial charge in [-0.05, 0) is 37.3 Å². The molecule has 1 aromatic heterocycles. The number of hydrogen-bond donors (Lipinski definition) is 2. The molecule has 0 aliphatic carbocycles. The Kier molecular flexibility index (Phi) is 3.20. The van der Waals surface area contributed by atoms with Crippen LogP contribution in [0.5, 0.6) is 5.88 Å². The minimum Gasteiger partial charge on any atom is -0.494 e. The summed E-state index contributed by atoms with van der Waals surface area (Å²) in [6, 6.07) is 13.3. The van der Waals surface area contributed by atoms with Crippen LogP contribution in [0.15, 0.2) is 47.5 Å². The Balaban J connectivity index is 2.03. The van der Waals surface area contributed by atoms with Crippen molar-refractivity contribution in [2.45, 2.75) is 6.92 Å². The first-order valence-corrected chi connectivity index (χ1v) is 6.62. The number of halogens is 1. The second-order valence-electron chi connectivity index (χ2n) is 4.67. The Bertz CT molecular complexity index is 788. The van der Waals surface area contributed by atoms with E-state index in [2.05, 4.69) is 9.98 Å². The minimum atomic E-state index is 0.0955. The zero-order valence-corrected chi connectivity index (χ0v) is 11.6. The Morgan fingerprint density at radius 2 is 1.90 bits per heavy atom. The van der Waals surface area contributed by atoms with Crippen LogP contribution >= 0.6 is 11.6 Å². The van der Waals surface area contributed by atoms with E-state index in [0.717, 1.165) is 16.6 Å². The zero-order chi connectivity index (χ0) is 14.1. The minimum absolute atomic E-state index is 0.0955. The number of H-pyrrole nitrogens is 1. The number of nitrogens with one attached hydrogen (secondary N) is 1. The zero-order valence-electron chi connectivity index (χ0n) is 10.9. The van der Waals surface area contributed by atoms with Crippen molar-refractivity contribution in [2.75, 3.05) is 0 Å². The van der Waals surface area contributed by atoms with E-state index in [-0.39, 0.29) is 5.88 Å². The van der Waals surface area contributed by atoms with Crippen molar-refractivity contribution in [1.82, 2.24) is 4.98 Å². The van der Waals surface area contributed by atoms with Gasteiger partial charge in [0, 0.05) is 22.1 Å². The van der Waals surface area contributed by atoms with Crippen LogP contribution in [0.3, 0.4) is 0 Å². The Labute approximate surface area is 121 Å². The van der Waals surface area contributed by atoms with Crippen LogP contribution < -0.4 is 0 Å². The van der Waals surface area contributed by atoms with Crippen molar-refractivity contribution in [3.05, 3.63) is 58.6 Å². The molecule has 0 radical (unpaired) electrons. The lowest BCUT2D eigenvalue weighted by molar-refractivity contribution is 0.457. The van der Waals surface area contributed by atoms with Gasteiger partial charge in [0.2, 0.25) is 0 Å². The molecule has 0 fully saturated rings. The van der Waals surface area contributed by atoms with E-state index in [1.54, 1.807) is 12.3 Å². The summed E-state index contributed by atoms with van der Waals surface area (Å²) in [5.41, 5.74) is 3.50. The molecule has 0 spiro atoms. The van der Waals surface area contributed by atoms with E-state index in [1.165, 1.54) is 5.56 Å². The monoisotopic (exact) mass is 284 g/mol. The summed E-state index contributed by atoms with van der Waals surface area (Å²) in [6.07, 6.45) is 1.65. The summed E-state index contributed by atoms with van der Waals surface area (Å²) in [7, 11) is 0. The lowest BCUT2D eigenvalue weighted by Crippen LogP contribution is -1.79. The van der Waals surface area contributed by atoms with Crippen LogP contribution in [0.25, 0.3) is 10.9 Å². The molecule has 0 saturated carbocycles. The highest BCUT2D eigenvalue weighted by Gasteiger charge is 2.09. The number of aromatic nitrogens is 1. The molecule has 1 heterocycles. The smallest absolute Gasteiger partial charge is 0.198 e.